The first kappa shape index (κ1) is 40.1. The van der Waals surface area contributed by atoms with Crippen LogP contribution in [0.1, 0.15) is 26.3 Å². The van der Waals surface area contributed by atoms with Crippen molar-refractivity contribution in [2.45, 2.75) is 26.2 Å². The second-order valence-electron chi connectivity index (χ2n) is 19.3. The molecule has 5 heterocycles. The minimum absolute atomic E-state index is 0.0654. The Bertz CT molecular complexity index is 4260. The van der Waals surface area contributed by atoms with Crippen LogP contribution in [0.2, 0.25) is 0 Å². The van der Waals surface area contributed by atoms with Gasteiger partial charge in [0.25, 0.3) is 6.33 Å². The summed E-state index contributed by atoms with van der Waals surface area (Å²) in [5.41, 5.74) is 18.2. The zero-order chi connectivity index (χ0) is 46.7. The minimum Gasteiger partial charge on any atom is -0.458 e. The highest BCUT2D eigenvalue weighted by Gasteiger charge is 2.27. The Hall–Kier alpha value is -9.00. The van der Waals surface area contributed by atoms with E-state index in [0.717, 1.165) is 94.2 Å². The molecule has 0 aliphatic carbocycles. The summed E-state index contributed by atoms with van der Waals surface area (Å²) >= 11 is 0. The average Bonchev–Trinajstić information content (AvgIpc) is 4.09. The van der Waals surface area contributed by atoms with Crippen molar-refractivity contribution in [2.24, 2.45) is 0 Å². The molecule has 6 nitrogen and oxygen atoms in total. The quantitative estimate of drug-likeness (QED) is 0.128. The van der Waals surface area contributed by atoms with Crippen molar-refractivity contribution in [3.8, 4) is 73.2 Å². The predicted molar refractivity (Wildman–Crippen MR) is 284 cm³/mol. The second-order valence-corrected chi connectivity index (χ2v) is 19.3. The van der Waals surface area contributed by atoms with Crippen LogP contribution in [0, 0.1) is 6.33 Å². The van der Waals surface area contributed by atoms with E-state index in [1.807, 2.05) is 24.4 Å². The number of ether oxygens (including phenoxy) is 1. The van der Waals surface area contributed by atoms with Crippen molar-refractivity contribution in [1.29, 1.82) is 0 Å². The van der Waals surface area contributed by atoms with Crippen LogP contribution in [0.5, 0.6) is 11.5 Å². The molecule has 0 fully saturated rings. The number of fused-ring (bicyclic) bond motifs is 14. The molecule has 332 valence electrons. The van der Waals surface area contributed by atoms with Gasteiger partial charge in [0.05, 0.1) is 38.8 Å². The maximum atomic E-state index is 6.91. The van der Waals surface area contributed by atoms with Gasteiger partial charge in [0, 0.05) is 28.4 Å². The lowest BCUT2D eigenvalue weighted by atomic mass is 9.88. The van der Waals surface area contributed by atoms with Crippen LogP contribution >= 0.6 is 0 Å². The molecule has 0 spiro atoms. The maximum absolute atomic E-state index is 6.91. The summed E-state index contributed by atoms with van der Waals surface area (Å²) in [6, 6.07) is 73.2. The van der Waals surface area contributed by atoms with E-state index in [2.05, 4.69) is 229 Å². The summed E-state index contributed by atoms with van der Waals surface area (Å²) in [7, 11) is 0. The lowest BCUT2D eigenvalue weighted by molar-refractivity contribution is -0.570. The average molecular weight is 901 g/mol. The molecule has 4 aromatic heterocycles. The van der Waals surface area contributed by atoms with Crippen molar-refractivity contribution in [3.05, 3.63) is 224 Å². The van der Waals surface area contributed by atoms with Crippen molar-refractivity contribution >= 4 is 54.8 Å². The highest BCUT2D eigenvalue weighted by atomic mass is 16.5. The van der Waals surface area contributed by atoms with E-state index < -0.39 is 0 Å². The van der Waals surface area contributed by atoms with Gasteiger partial charge in [-0.05, 0) is 116 Å². The Morgan fingerprint density at radius 2 is 1.17 bits per heavy atom. The van der Waals surface area contributed by atoms with Gasteiger partial charge in [-0.15, -0.1) is 0 Å². The number of hydrogen-bond acceptors (Lipinski definition) is 3. The third-order valence-corrected chi connectivity index (χ3v) is 14.1. The lowest BCUT2D eigenvalue weighted by Gasteiger charge is -2.20. The minimum atomic E-state index is -0.0654. The number of benzene rings is 9. The van der Waals surface area contributed by atoms with Gasteiger partial charge < -0.3 is 9.15 Å². The molecule has 0 saturated carbocycles. The molecular formula is C64H44N4O2. The summed E-state index contributed by atoms with van der Waals surface area (Å²) in [5.74, 6) is 2.25. The highest BCUT2D eigenvalue weighted by Crippen LogP contribution is 2.46. The third kappa shape index (κ3) is 6.13. The fraction of sp³-hybridized carbons (Fsp3) is 0.0625. The summed E-state index contributed by atoms with van der Waals surface area (Å²) in [6.07, 6.45) is 5.84. The van der Waals surface area contributed by atoms with Gasteiger partial charge in [-0.2, -0.15) is 0 Å². The Morgan fingerprint density at radius 3 is 1.99 bits per heavy atom. The second kappa shape index (κ2) is 15.3. The number of hydrogen-bond donors (Lipinski definition) is 0. The Balaban J connectivity index is 0.952. The largest absolute Gasteiger partial charge is 0.458 e. The molecule has 0 amide bonds. The number of furan rings is 1. The molecule has 1 aliphatic rings. The summed E-state index contributed by atoms with van der Waals surface area (Å²) in [4.78, 5) is 4.98. The number of imidazole rings is 1. The topological polar surface area (TPSA) is 49.0 Å². The molecule has 13 aromatic rings. The van der Waals surface area contributed by atoms with E-state index >= 15 is 0 Å². The van der Waals surface area contributed by atoms with Gasteiger partial charge in [-0.25, -0.2) is 4.98 Å². The van der Waals surface area contributed by atoms with Crippen LogP contribution in [0.15, 0.2) is 217 Å². The lowest BCUT2D eigenvalue weighted by Crippen LogP contribution is -2.32. The van der Waals surface area contributed by atoms with Crippen LogP contribution in [-0.2, 0) is 5.41 Å². The van der Waals surface area contributed by atoms with E-state index in [0.29, 0.717) is 11.5 Å². The van der Waals surface area contributed by atoms with Crippen LogP contribution in [-0.4, -0.2) is 14.1 Å². The SMILES string of the molecule is CC(C)(C)c1ccnc(-n2c3cc(Oc4cccc(-n5[c-][n+]6c7c(cccc75)-c5ccccc5-c5ccccc5-c5cccc(-c7ccccc7)c5-6)c4)ccc3c3c4oc5ccccc5c4ccc32)c1. The smallest absolute Gasteiger partial charge is 0.269 e. The van der Waals surface area contributed by atoms with E-state index in [9.17, 15) is 0 Å². The van der Waals surface area contributed by atoms with Gasteiger partial charge in [-0.3, -0.25) is 13.7 Å². The molecule has 14 rings (SSSR count). The zero-order valence-corrected chi connectivity index (χ0v) is 38.8. The molecule has 0 unspecified atom stereocenters. The highest BCUT2D eigenvalue weighted by molar-refractivity contribution is 6.24. The van der Waals surface area contributed by atoms with Crippen LogP contribution in [0.25, 0.3) is 116 Å². The van der Waals surface area contributed by atoms with Crippen molar-refractivity contribution in [2.75, 3.05) is 0 Å². The maximum Gasteiger partial charge on any atom is 0.269 e. The molecule has 0 atom stereocenters. The molecule has 0 saturated heterocycles. The normalized spacial score (nSPS) is 12.2. The molecule has 9 aromatic carbocycles. The van der Waals surface area contributed by atoms with Crippen molar-refractivity contribution in [1.82, 2.24) is 14.1 Å². The van der Waals surface area contributed by atoms with E-state index in [4.69, 9.17) is 14.1 Å². The number of nitrogens with zero attached hydrogens (tertiary/aromatic N) is 4. The van der Waals surface area contributed by atoms with Crippen LogP contribution < -0.4 is 9.30 Å². The van der Waals surface area contributed by atoms with E-state index in [1.54, 1.807) is 0 Å². The molecule has 70 heavy (non-hydrogen) atoms. The van der Waals surface area contributed by atoms with Crippen LogP contribution in [0.4, 0.5) is 0 Å². The first-order chi connectivity index (χ1) is 34.4. The number of aromatic nitrogens is 4. The Kier molecular flexibility index (Phi) is 8.74. The predicted octanol–water partition coefficient (Wildman–Crippen LogP) is 16.2. The van der Waals surface area contributed by atoms with Crippen LogP contribution in [0.3, 0.4) is 0 Å². The Labute approximate surface area is 404 Å². The Morgan fingerprint density at radius 1 is 0.514 bits per heavy atom. The fourth-order valence-corrected chi connectivity index (χ4v) is 10.9. The monoisotopic (exact) mass is 900 g/mol. The fourth-order valence-electron chi connectivity index (χ4n) is 10.9. The van der Waals surface area contributed by atoms with Gasteiger partial charge in [0.2, 0.25) is 0 Å². The first-order valence-electron chi connectivity index (χ1n) is 23.9. The van der Waals surface area contributed by atoms with E-state index in [-0.39, 0.29) is 5.41 Å². The van der Waals surface area contributed by atoms with Crippen molar-refractivity contribution < 1.29 is 13.7 Å². The van der Waals surface area contributed by atoms with E-state index in [1.165, 1.54) is 27.8 Å². The molecule has 6 heteroatoms. The van der Waals surface area contributed by atoms with Crippen molar-refractivity contribution in [3.63, 3.8) is 0 Å². The molecule has 0 radical (unpaired) electrons. The number of pyridine rings is 1. The van der Waals surface area contributed by atoms with Gasteiger partial charge in [-0.1, -0.05) is 160 Å². The zero-order valence-electron chi connectivity index (χ0n) is 38.8. The molecular weight excluding hydrogens is 857 g/mol. The van der Waals surface area contributed by atoms with Gasteiger partial charge in [0.1, 0.15) is 28.5 Å². The first-order valence-corrected chi connectivity index (χ1v) is 23.9. The number of rotatable bonds is 5. The summed E-state index contributed by atoms with van der Waals surface area (Å²) in [5, 5.41) is 4.29. The summed E-state index contributed by atoms with van der Waals surface area (Å²) in [6.45, 7) is 6.71. The molecule has 0 N–H and O–H groups in total. The molecule has 0 bridgehead atoms. The number of para-hydroxylation sites is 3. The molecule has 1 aliphatic heterocycles. The third-order valence-electron chi connectivity index (χ3n) is 14.1. The van der Waals surface area contributed by atoms with Gasteiger partial charge >= 0.3 is 0 Å². The standard InChI is InChI=1S/C64H44N4O2/c1-64(2,3)41-34-35-65-59(36-41)68-55-33-32-53-50-24-11-12-29-58(50)70-63(53)60(55)54-31-30-44(38-57(54)68)69-43-19-13-18-42(37-43)66-39-67-61-45(40-16-5-4-6-17-40)25-14-26-51(61)48-22-9-7-20-46(48)47-21-8-10-23-49(47)52-27-15-28-56(66)62(52)67/h4-38H,1-3H3. The summed E-state index contributed by atoms with van der Waals surface area (Å²) < 4.78 is 20.3. The van der Waals surface area contributed by atoms with Gasteiger partial charge in [0.15, 0.2) is 0 Å².